The predicted molar refractivity (Wildman–Crippen MR) is 219 cm³/mol. The normalized spacial score (nSPS) is 18.7. The van der Waals surface area contributed by atoms with E-state index >= 15 is 0 Å². The third kappa shape index (κ3) is 4.35. The van der Waals surface area contributed by atoms with Crippen LogP contribution in [0.4, 0.5) is 0 Å². The van der Waals surface area contributed by atoms with E-state index in [-0.39, 0.29) is 21.7 Å². The standard InChI is InChI=1S/C49H48N2O/c1-46(2)22-24-48(5,6)41-36(46)28-37-42(49(7,8)25-23-47(37,3)4)43(41)51-39-19-12-11-18-38(39)50-45(51)33-17-13-16-32-35-26-30-21-20-29-14-9-10-15-31(29)34(30)27-40(35)52-44(32)33/h9-21,26-28H,22-25H2,1-8H3. The summed E-state index contributed by atoms with van der Waals surface area (Å²) in [7, 11) is 0. The lowest BCUT2D eigenvalue weighted by molar-refractivity contribution is 0.311. The molecule has 2 aliphatic carbocycles. The molecule has 0 saturated carbocycles. The zero-order valence-corrected chi connectivity index (χ0v) is 31.9. The quantitative estimate of drug-likeness (QED) is 0.170. The fourth-order valence-corrected chi connectivity index (χ4v) is 10.0. The molecule has 3 heteroatoms. The van der Waals surface area contributed by atoms with E-state index in [0.717, 1.165) is 57.2 Å². The molecule has 260 valence electrons. The molecule has 2 aromatic heterocycles. The van der Waals surface area contributed by atoms with Crippen LogP contribution in [0.1, 0.15) is 103 Å². The highest BCUT2D eigenvalue weighted by Gasteiger charge is 2.47. The number of nitrogens with zero attached hydrogens (tertiary/aromatic N) is 2. The number of hydrogen-bond donors (Lipinski definition) is 0. The minimum absolute atomic E-state index is 0.0101. The maximum atomic E-state index is 7.00. The first-order valence-electron chi connectivity index (χ1n) is 19.2. The summed E-state index contributed by atoms with van der Waals surface area (Å²) in [6.45, 7) is 19.8. The molecule has 3 nitrogen and oxygen atoms in total. The van der Waals surface area contributed by atoms with Crippen molar-refractivity contribution in [2.24, 2.45) is 0 Å². The molecule has 0 unspecified atom stereocenters. The number of hydrogen-bond acceptors (Lipinski definition) is 2. The zero-order chi connectivity index (χ0) is 35.9. The molecule has 2 heterocycles. The molecule has 0 fully saturated rings. The Labute approximate surface area is 306 Å². The summed E-state index contributed by atoms with van der Waals surface area (Å²) < 4.78 is 9.56. The topological polar surface area (TPSA) is 31.0 Å². The Morgan fingerprint density at radius 3 is 1.88 bits per heavy atom. The molecule has 0 N–H and O–H groups in total. The molecule has 0 radical (unpaired) electrons. The van der Waals surface area contributed by atoms with E-state index in [0.29, 0.717) is 0 Å². The van der Waals surface area contributed by atoms with Gasteiger partial charge in [0.2, 0.25) is 0 Å². The van der Waals surface area contributed by atoms with Gasteiger partial charge in [-0.3, -0.25) is 4.57 Å². The Balaban J connectivity index is 1.35. The molecule has 0 atom stereocenters. The Bertz CT molecular complexity index is 2750. The third-order valence-electron chi connectivity index (χ3n) is 13.3. The number of para-hydroxylation sites is 3. The van der Waals surface area contributed by atoms with E-state index in [1.165, 1.54) is 62.3 Å². The minimum atomic E-state index is -0.0101. The molecule has 52 heavy (non-hydrogen) atoms. The van der Waals surface area contributed by atoms with Gasteiger partial charge in [-0.15, -0.1) is 0 Å². The van der Waals surface area contributed by atoms with E-state index in [1.54, 1.807) is 0 Å². The summed E-state index contributed by atoms with van der Waals surface area (Å²) in [5.74, 6) is 0.954. The van der Waals surface area contributed by atoms with Gasteiger partial charge in [0.05, 0.1) is 22.3 Å². The second-order valence-corrected chi connectivity index (χ2v) is 18.5. The van der Waals surface area contributed by atoms with Gasteiger partial charge in [-0.05, 0) is 121 Å². The van der Waals surface area contributed by atoms with E-state index in [9.17, 15) is 0 Å². The Hall–Kier alpha value is -4.89. The van der Waals surface area contributed by atoms with Gasteiger partial charge >= 0.3 is 0 Å². The zero-order valence-electron chi connectivity index (χ0n) is 31.9. The van der Waals surface area contributed by atoms with Gasteiger partial charge in [-0.2, -0.15) is 0 Å². The summed E-state index contributed by atoms with van der Waals surface area (Å²) in [5.41, 5.74) is 12.5. The van der Waals surface area contributed by atoms with Gasteiger partial charge < -0.3 is 4.42 Å². The smallest absolute Gasteiger partial charge is 0.149 e. The summed E-state index contributed by atoms with van der Waals surface area (Å²) in [6, 6.07) is 35.7. The number of fused-ring (bicyclic) bond motifs is 9. The molecular formula is C49H48N2O. The summed E-state index contributed by atoms with van der Waals surface area (Å²) in [6.07, 6.45) is 4.64. The predicted octanol–water partition coefficient (Wildman–Crippen LogP) is 13.6. The van der Waals surface area contributed by atoms with Crippen molar-refractivity contribution in [3.8, 4) is 17.1 Å². The van der Waals surface area contributed by atoms with Gasteiger partial charge in [0.15, 0.2) is 0 Å². The van der Waals surface area contributed by atoms with Crippen molar-refractivity contribution in [1.82, 2.24) is 9.55 Å². The Morgan fingerprint density at radius 2 is 1.15 bits per heavy atom. The first kappa shape index (κ1) is 31.8. The highest BCUT2D eigenvalue weighted by molar-refractivity contribution is 6.17. The number of imidazole rings is 1. The average molecular weight is 681 g/mol. The van der Waals surface area contributed by atoms with Crippen molar-refractivity contribution in [1.29, 1.82) is 0 Å². The van der Waals surface area contributed by atoms with Gasteiger partial charge in [0, 0.05) is 10.8 Å². The molecule has 0 bridgehead atoms. The monoisotopic (exact) mass is 680 g/mol. The van der Waals surface area contributed by atoms with Crippen molar-refractivity contribution in [2.75, 3.05) is 0 Å². The number of aromatic nitrogens is 2. The van der Waals surface area contributed by atoms with Gasteiger partial charge in [0.25, 0.3) is 0 Å². The molecule has 0 amide bonds. The first-order chi connectivity index (χ1) is 24.8. The average Bonchev–Trinajstić information content (AvgIpc) is 3.69. The molecule has 2 aliphatic rings. The first-order valence-corrected chi connectivity index (χ1v) is 19.2. The van der Waals surface area contributed by atoms with E-state index < -0.39 is 0 Å². The minimum Gasteiger partial charge on any atom is -0.455 e. The van der Waals surface area contributed by atoms with Crippen LogP contribution in [0.15, 0.2) is 101 Å². The molecule has 0 aliphatic heterocycles. The molecular weight excluding hydrogens is 633 g/mol. The number of benzene rings is 6. The molecule has 10 rings (SSSR count). The summed E-state index contributed by atoms with van der Waals surface area (Å²) in [4.78, 5) is 5.54. The van der Waals surface area contributed by atoms with Crippen molar-refractivity contribution < 1.29 is 4.42 Å². The maximum absolute atomic E-state index is 7.00. The van der Waals surface area contributed by atoms with Gasteiger partial charge in [-0.25, -0.2) is 4.98 Å². The summed E-state index contributed by atoms with van der Waals surface area (Å²) in [5, 5.41) is 7.20. The lowest BCUT2D eigenvalue weighted by Gasteiger charge is -2.49. The fraction of sp³-hybridized carbons (Fsp3) is 0.327. The van der Waals surface area contributed by atoms with Gasteiger partial charge in [-0.1, -0.05) is 122 Å². The second kappa shape index (κ2) is 10.4. The molecule has 0 spiro atoms. The van der Waals surface area contributed by atoms with Crippen molar-refractivity contribution in [3.05, 3.63) is 119 Å². The Kier molecular flexibility index (Phi) is 6.35. The van der Waals surface area contributed by atoms with Crippen LogP contribution >= 0.6 is 0 Å². The van der Waals surface area contributed by atoms with E-state index in [1.807, 2.05) is 0 Å². The fourth-order valence-electron chi connectivity index (χ4n) is 10.0. The van der Waals surface area contributed by atoms with Gasteiger partial charge in [0.1, 0.15) is 17.0 Å². The van der Waals surface area contributed by atoms with E-state index in [2.05, 4.69) is 157 Å². The largest absolute Gasteiger partial charge is 0.455 e. The third-order valence-corrected chi connectivity index (χ3v) is 13.3. The van der Waals surface area contributed by atoms with Crippen LogP contribution in [-0.4, -0.2) is 9.55 Å². The van der Waals surface area contributed by atoms with Crippen molar-refractivity contribution >= 4 is 54.5 Å². The van der Waals surface area contributed by atoms with Crippen LogP contribution in [0.25, 0.3) is 71.6 Å². The van der Waals surface area contributed by atoms with Crippen LogP contribution in [-0.2, 0) is 21.7 Å². The molecule has 8 aromatic rings. The highest BCUT2D eigenvalue weighted by Crippen LogP contribution is 2.57. The lowest BCUT2D eigenvalue weighted by Crippen LogP contribution is -2.41. The maximum Gasteiger partial charge on any atom is 0.149 e. The van der Waals surface area contributed by atoms with Crippen molar-refractivity contribution in [2.45, 2.75) is 103 Å². The summed E-state index contributed by atoms with van der Waals surface area (Å²) >= 11 is 0. The second-order valence-electron chi connectivity index (χ2n) is 18.5. The SMILES string of the molecule is CC1(C)CCC(C)(C)c2c1cc1c(c2-n2c(-c3cccc4c3oc3cc5c(ccc6ccccc65)cc34)nc3ccccc32)C(C)(C)CCC1(C)C. The van der Waals surface area contributed by atoms with Crippen LogP contribution in [0, 0.1) is 0 Å². The lowest BCUT2D eigenvalue weighted by atomic mass is 9.56. The van der Waals surface area contributed by atoms with Crippen LogP contribution in [0.2, 0.25) is 0 Å². The van der Waals surface area contributed by atoms with Crippen LogP contribution < -0.4 is 0 Å². The number of rotatable bonds is 2. The van der Waals surface area contributed by atoms with E-state index in [4.69, 9.17) is 9.40 Å². The highest BCUT2D eigenvalue weighted by atomic mass is 16.3. The molecule has 0 saturated heterocycles. The van der Waals surface area contributed by atoms with Crippen molar-refractivity contribution in [3.63, 3.8) is 0 Å². The number of furan rings is 1. The van der Waals surface area contributed by atoms with Crippen LogP contribution in [0.3, 0.4) is 0 Å². The molecule has 6 aromatic carbocycles. The Morgan fingerprint density at radius 1 is 0.538 bits per heavy atom. The van der Waals surface area contributed by atoms with Crippen LogP contribution in [0.5, 0.6) is 0 Å².